The van der Waals surface area contributed by atoms with Gasteiger partial charge in [-0.3, -0.25) is 4.79 Å². The summed E-state index contributed by atoms with van der Waals surface area (Å²) >= 11 is 0. The Balaban J connectivity index is 4.64. The minimum Gasteiger partial charge on any atom is -0.375 e. The standard InChI is InChI=1S/C28H56N2O5S/c1-23(2,20-31)19-26(7,8)28(11,12)35-16-14-27(9,10)34-17-15-30-22(32)25(5,6)18-24(3,4)21-36(33)29-13/h20,29H,14-19,21H2,1-13H3,(H,30,32). The van der Waals surface area contributed by atoms with Crippen LogP contribution in [0.3, 0.4) is 0 Å². The fourth-order valence-corrected chi connectivity index (χ4v) is 5.66. The Morgan fingerprint density at radius 2 is 1.42 bits per heavy atom. The molecule has 0 radical (unpaired) electrons. The van der Waals surface area contributed by atoms with E-state index in [0.29, 0.717) is 38.4 Å². The summed E-state index contributed by atoms with van der Waals surface area (Å²) in [6.45, 7) is 25.7. The molecular weight excluding hydrogens is 476 g/mol. The first kappa shape index (κ1) is 35.2. The summed E-state index contributed by atoms with van der Waals surface area (Å²) in [6, 6.07) is 0. The van der Waals surface area contributed by atoms with Gasteiger partial charge >= 0.3 is 0 Å². The highest BCUT2D eigenvalue weighted by Gasteiger charge is 2.42. The van der Waals surface area contributed by atoms with Gasteiger partial charge in [-0.05, 0) is 64.8 Å². The second-order valence-electron chi connectivity index (χ2n) is 14.1. The zero-order chi connectivity index (χ0) is 28.6. The molecule has 1 atom stereocenters. The molecule has 0 aliphatic carbocycles. The van der Waals surface area contributed by atoms with E-state index in [2.05, 4.69) is 37.7 Å². The summed E-state index contributed by atoms with van der Waals surface area (Å²) < 4.78 is 27.0. The Kier molecular flexibility index (Phi) is 13.0. The lowest BCUT2D eigenvalue weighted by Gasteiger charge is -2.45. The summed E-state index contributed by atoms with van der Waals surface area (Å²) in [7, 11) is 0.570. The van der Waals surface area contributed by atoms with Gasteiger partial charge in [-0.25, -0.2) is 8.93 Å². The van der Waals surface area contributed by atoms with Crippen molar-refractivity contribution in [1.29, 1.82) is 0 Å². The summed E-state index contributed by atoms with van der Waals surface area (Å²) in [6.07, 6.45) is 3.09. The molecule has 2 N–H and O–H groups in total. The molecule has 0 saturated carbocycles. The Bertz CT molecular complexity index is 742. The van der Waals surface area contributed by atoms with Gasteiger partial charge in [-0.15, -0.1) is 0 Å². The Labute approximate surface area is 224 Å². The van der Waals surface area contributed by atoms with E-state index in [0.717, 1.165) is 12.7 Å². The first-order chi connectivity index (χ1) is 16.0. The third-order valence-electron chi connectivity index (χ3n) is 7.18. The van der Waals surface area contributed by atoms with Crippen LogP contribution in [0.4, 0.5) is 0 Å². The number of carbonyl (C=O) groups excluding carboxylic acids is 2. The second kappa shape index (κ2) is 13.3. The highest BCUT2D eigenvalue weighted by molar-refractivity contribution is 7.83. The first-order valence-corrected chi connectivity index (χ1v) is 14.4. The lowest BCUT2D eigenvalue weighted by atomic mass is 9.67. The van der Waals surface area contributed by atoms with Gasteiger partial charge in [0.2, 0.25) is 5.91 Å². The third kappa shape index (κ3) is 12.6. The summed E-state index contributed by atoms with van der Waals surface area (Å²) in [5, 5.41) is 3.00. The molecule has 0 aromatic heterocycles. The molecule has 7 nitrogen and oxygen atoms in total. The van der Waals surface area contributed by atoms with Crippen LogP contribution in [-0.2, 0) is 30.0 Å². The minimum atomic E-state index is -1.11. The number of amides is 1. The molecule has 36 heavy (non-hydrogen) atoms. The van der Waals surface area contributed by atoms with Gasteiger partial charge in [-0.1, -0.05) is 55.4 Å². The first-order valence-electron chi connectivity index (χ1n) is 13.1. The van der Waals surface area contributed by atoms with E-state index >= 15 is 0 Å². The van der Waals surface area contributed by atoms with Crippen molar-refractivity contribution >= 4 is 23.2 Å². The van der Waals surface area contributed by atoms with E-state index in [1.54, 1.807) is 7.05 Å². The largest absolute Gasteiger partial charge is 0.375 e. The SMILES string of the molecule is CNS(=O)CC(C)(C)CC(C)(C)C(=O)NCCOC(C)(C)CCOC(C)(C)C(C)(C)CC(C)(C)C=O. The average molecular weight is 533 g/mol. The predicted octanol–water partition coefficient (Wildman–Crippen LogP) is 5.05. The number of carbonyl (C=O) groups is 2. The van der Waals surface area contributed by atoms with Crippen molar-refractivity contribution in [2.75, 3.05) is 32.6 Å². The van der Waals surface area contributed by atoms with Crippen LogP contribution in [0.5, 0.6) is 0 Å². The van der Waals surface area contributed by atoms with E-state index in [4.69, 9.17) is 9.47 Å². The van der Waals surface area contributed by atoms with Gasteiger partial charge in [0.05, 0.1) is 35.4 Å². The molecule has 0 aromatic carbocycles. The van der Waals surface area contributed by atoms with Crippen LogP contribution in [0.25, 0.3) is 0 Å². The molecule has 0 heterocycles. The van der Waals surface area contributed by atoms with Crippen LogP contribution in [-0.4, -0.2) is 60.2 Å². The molecule has 0 aromatic rings. The zero-order valence-electron chi connectivity index (χ0n) is 25.5. The lowest BCUT2D eigenvalue weighted by molar-refractivity contribution is -0.136. The molecule has 1 unspecified atom stereocenters. The number of ether oxygens (including phenoxy) is 2. The molecule has 214 valence electrons. The Hall–Kier alpha value is -0.830. The lowest BCUT2D eigenvalue weighted by Crippen LogP contribution is -2.45. The van der Waals surface area contributed by atoms with Crippen LogP contribution in [0.1, 0.15) is 102 Å². The highest BCUT2D eigenvalue weighted by Crippen LogP contribution is 2.43. The van der Waals surface area contributed by atoms with E-state index in [9.17, 15) is 13.8 Å². The molecule has 0 fully saturated rings. The van der Waals surface area contributed by atoms with Crippen LogP contribution in [0, 0.1) is 21.7 Å². The predicted molar refractivity (Wildman–Crippen MR) is 150 cm³/mol. The molecule has 0 aliphatic rings. The molecule has 0 spiro atoms. The number of nitrogens with one attached hydrogen (secondary N) is 2. The summed E-state index contributed by atoms with van der Waals surface area (Å²) in [4.78, 5) is 24.2. The Morgan fingerprint density at radius 1 is 0.861 bits per heavy atom. The van der Waals surface area contributed by atoms with Crippen LogP contribution < -0.4 is 10.0 Å². The molecule has 0 bridgehead atoms. The van der Waals surface area contributed by atoms with Crippen molar-refractivity contribution < 1.29 is 23.3 Å². The molecule has 0 aliphatic heterocycles. The van der Waals surface area contributed by atoms with Gasteiger partial charge in [0.1, 0.15) is 6.29 Å². The van der Waals surface area contributed by atoms with E-state index in [1.165, 1.54) is 0 Å². The van der Waals surface area contributed by atoms with Gasteiger partial charge in [0.25, 0.3) is 0 Å². The normalized spacial score (nSPS) is 15.0. The smallest absolute Gasteiger partial charge is 0.225 e. The third-order valence-corrected chi connectivity index (χ3v) is 8.68. The topological polar surface area (TPSA) is 93.7 Å². The van der Waals surface area contributed by atoms with E-state index in [-0.39, 0.29) is 16.7 Å². The van der Waals surface area contributed by atoms with Crippen molar-refractivity contribution in [2.24, 2.45) is 21.7 Å². The maximum atomic E-state index is 12.8. The highest BCUT2D eigenvalue weighted by atomic mass is 32.2. The average Bonchev–Trinajstić information content (AvgIpc) is 2.68. The quantitative estimate of drug-likeness (QED) is 0.190. The van der Waals surface area contributed by atoms with Crippen molar-refractivity contribution in [3.8, 4) is 0 Å². The summed E-state index contributed by atoms with van der Waals surface area (Å²) in [5.41, 5.74) is -2.21. The fraction of sp³-hybridized carbons (Fsp3) is 0.929. The molecule has 8 heteroatoms. The number of hydrogen-bond donors (Lipinski definition) is 2. The van der Waals surface area contributed by atoms with Gasteiger partial charge in [0.15, 0.2) is 0 Å². The monoisotopic (exact) mass is 532 g/mol. The van der Waals surface area contributed by atoms with E-state index < -0.39 is 33.0 Å². The van der Waals surface area contributed by atoms with Gasteiger partial charge in [0, 0.05) is 23.1 Å². The summed E-state index contributed by atoms with van der Waals surface area (Å²) in [5.74, 6) is 0.459. The van der Waals surface area contributed by atoms with Crippen LogP contribution in [0.15, 0.2) is 0 Å². The second-order valence-corrected chi connectivity index (χ2v) is 15.4. The van der Waals surface area contributed by atoms with Gasteiger partial charge < -0.3 is 19.6 Å². The number of aldehydes is 1. The van der Waals surface area contributed by atoms with Crippen LogP contribution >= 0.6 is 0 Å². The maximum absolute atomic E-state index is 12.8. The van der Waals surface area contributed by atoms with E-state index in [1.807, 2.05) is 55.4 Å². The molecule has 1 amide bonds. The molecular formula is C28H56N2O5S. The van der Waals surface area contributed by atoms with Crippen LogP contribution in [0.2, 0.25) is 0 Å². The van der Waals surface area contributed by atoms with Crippen molar-refractivity contribution in [3.63, 3.8) is 0 Å². The van der Waals surface area contributed by atoms with Crippen molar-refractivity contribution in [3.05, 3.63) is 0 Å². The fourth-order valence-electron chi connectivity index (χ4n) is 4.70. The minimum absolute atomic E-state index is 0.0298. The van der Waals surface area contributed by atoms with Crippen molar-refractivity contribution in [2.45, 2.75) is 114 Å². The Morgan fingerprint density at radius 3 is 1.92 bits per heavy atom. The van der Waals surface area contributed by atoms with Gasteiger partial charge in [-0.2, -0.15) is 0 Å². The molecule has 0 rings (SSSR count). The number of hydrogen-bond acceptors (Lipinski definition) is 5. The maximum Gasteiger partial charge on any atom is 0.225 e. The molecule has 0 saturated heterocycles. The number of rotatable bonds is 18. The zero-order valence-corrected chi connectivity index (χ0v) is 26.3. The van der Waals surface area contributed by atoms with Crippen molar-refractivity contribution in [1.82, 2.24) is 10.0 Å².